The van der Waals surface area contributed by atoms with Gasteiger partial charge in [0.15, 0.2) is 5.78 Å². The number of hydrogen-bond donors (Lipinski definition) is 0. The quantitative estimate of drug-likeness (QED) is 0.730. The highest BCUT2D eigenvalue weighted by atomic mass is 79.9. The molecule has 0 unspecified atom stereocenters. The molecule has 0 spiro atoms. The molecule has 0 bridgehead atoms. The minimum absolute atomic E-state index is 0.111. The summed E-state index contributed by atoms with van der Waals surface area (Å²) in [7, 11) is 3.24. The first-order valence-corrected chi connectivity index (χ1v) is 7.43. The fourth-order valence-electron chi connectivity index (χ4n) is 2.03. The van der Waals surface area contributed by atoms with Crippen LogP contribution >= 0.6 is 15.9 Å². The summed E-state index contributed by atoms with van der Waals surface area (Å²) in [5, 5.41) is 0. The van der Waals surface area contributed by atoms with E-state index in [1.54, 1.807) is 32.4 Å². The molecular formula is C17H17BrO3. The van der Waals surface area contributed by atoms with E-state index in [4.69, 9.17) is 9.47 Å². The van der Waals surface area contributed by atoms with Gasteiger partial charge in [0, 0.05) is 16.5 Å². The first-order chi connectivity index (χ1) is 10.1. The number of hydrogen-bond acceptors (Lipinski definition) is 3. The van der Waals surface area contributed by atoms with E-state index in [-0.39, 0.29) is 5.78 Å². The minimum atomic E-state index is 0.111. The lowest BCUT2D eigenvalue weighted by atomic mass is 10.0. The van der Waals surface area contributed by atoms with Crippen molar-refractivity contribution in [3.05, 3.63) is 58.1 Å². The zero-order valence-corrected chi connectivity index (χ0v) is 13.6. The zero-order valence-electron chi connectivity index (χ0n) is 12.1. The molecule has 0 fully saturated rings. The predicted molar refractivity (Wildman–Crippen MR) is 86.3 cm³/mol. The second-order valence-corrected chi connectivity index (χ2v) is 5.47. The van der Waals surface area contributed by atoms with Crippen LogP contribution in [0.1, 0.15) is 22.3 Å². The van der Waals surface area contributed by atoms with Crippen LogP contribution in [0.15, 0.2) is 46.9 Å². The Morgan fingerprint density at radius 3 is 2.19 bits per heavy atom. The van der Waals surface area contributed by atoms with E-state index in [9.17, 15) is 4.79 Å². The molecule has 0 saturated carbocycles. The van der Waals surface area contributed by atoms with E-state index in [1.807, 2.05) is 24.3 Å². The van der Waals surface area contributed by atoms with Crippen LogP contribution in [0.3, 0.4) is 0 Å². The summed E-state index contributed by atoms with van der Waals surface area (Å²) >= 11 is 3.42. The van der Waals surface area contributed by atoms with Gasteiger partial charge in [-0.15, -0.1) is 0 Å². The Labute approximate surface area is 133 Å². The second-order valence-electron chi connectivity index (χ2n) is 4.62. The summed E-state index contributed by atoms with van der Waals surface area (Å²) in [5.41, 5.74) is 1.80. The number of Topliss-reactive ketones (excluding diaryl/α,β-unsaturated/α-hetero) is 1. The number of ketones is 1. The van der Waals surface area contributed by atoms with Crippen LogP contribution in [0, 0.1) is 0 Å². The molecule has 0 aliphatic rings. The fourth-order valence-corrected chi connectivity index (χ4v) is 2.61. The van der Waals surface area contributed by atoms with Crippen LogP contribution in [-0.4, -0.2) is 20.0 Å². The molecule has 21 heavy (non-hydrogen) atoms. The number of carbonyl (C=O) groups excluding carboxylic acids is 1. The molecule has 0 amide bonds. The first-order valence-electron chi connectivity index (χ1n) is 6.63. The standard InChI is InChI=1S/C17H17BrO3/c1-20-13-6-3-12(4-7-13)5-10-17(19)15-9-8-14(21-2)11-16(15)18/h3-4,6-9,11H,5,10H2,1-2H3. The van der Waals surface area contributed by atoms with Crippen LogP contribution in [0.4, 0.5) is 0 Å². The molecule has 0 aliphatic carbocycles. The van der Waals surface area contributed by atoms with Crippen LogP contribution in [0.5, 0.6) is 11.5 Å². The maximum absolute atomic E-state index is 12.3. The van der Waals surface area contributed by atoms with Gasteiger partial charge in [0.25, 0.3) is 0 Å². The Hall–Kier alpha value is -1.81. The molecule has 0 saturated heterocycles. The highest BCUT2D eigenvalue weighted by Gasteiger charge is 2.11. The van der Waals surface area contributed by atoms with Gasteiger partial charge in [-0.2, -0.15) is 0 Å². The van der Waals surface area contributed by atoms with Gasteiger partial charge in [-0.05, 0) is 58.2 Å². The highest BCUT2D eigenvalue weighted by molar-refractivity contribution is 9.10. The van der Waals surface area contributed by atoms with Crippen molar-refractivity contribution >= 4 is 21.7 Å². The average molecular weight is 349 g/mol. The average Bonchev–Trinajstić information content (AvgIpc) is 2.52. The molecule has 110 valence electrons. The molecule has 4 heteroatoms. The summed E-state index contributed by atoms with van der Waals surface area (Å²) < 4.78 is 11.0. The van der Waals surface area contributed by atoms with E-state index < -0.39 is 0 Å². The maximum Gasteiger partial charge on any atom is 0.164 e. The molecule has 0 radical (unpaired) electrons. The number of rotatable bonds is 6. The number of ether oxygens (including phenoxy) is 2. The number of aryl methyl sites for hydroxylation is 1. The van der Waals surface area contributed by atoms with Crippen molar-refractivity contribution in [1.82, 2.24) is 0 Å². The van der Waals surface area contributed by atoms with Gasteiger partial charge in [0.05, 0.1) is 14.2 Å². The van der Waals surface area contributed by atoms with E-state index >= 15 is 0 Å². The maximum atomic E-state index is 12.3. The Bertz CT molecular complexity index is 620. The van der Waals surface area contributed by atoms with Gasteiger partial charge >= 0.3 is 0 Å². The third kappa shape index (κ3) is 4.08. The van der Waals surface area contributed by atoms with Crippen LogP contribution in [0.25, 0.3) is 0 Å². The molecule has 0 atom stereocenters. The van der Waals surface area contributed by atoms with Crippen molar-refractivity contribution < 1.29 is 14.3 Å². The lowest BCUT2D eigenvalue weighted by Gasteiger charge is -2.07. The second kappa shape index (κ2) is 7.27. The van der Waals surface area contributed by atoms with Crippen LogP contribution < -0.4 is 9.47 Å². The molecule has 0 aromatic heterocycles. The predicted octanol–water partition coefficient (Wildman–Crippen LogP) is 4.28. The highest BCUT2D eigenvalue weighted by Crippen LogP contribution is 2.24. The lowest BCUT2D eigenvalue weighted by Crippen LogP contribution is -2.02. The number of halogens is 1. The van der Waals surface area contributed by atoms with Crippen molar-refractivity contribution in [2.75, 3.05) is 14.2 Å². The van der Waals surface area contributed by atoms with Crippen molar-refractivity contribution in [2.45, 2.75) is 12.8 Å². The lowest BCUT2D eigenvalue weighted by molar-refractivity contribution is 0.0982. The molecule has 0 heterocycles. The van der Waals surface area contributed by atoms with Gasteiger partial charge in [0.1, 0.15) is 11.5 Å². The van der Waals surface area contributed by atoms with Crippen LogP contribution in [-0.2, 0) is 6.42 Å². The monoisotopic (exact) mass is 348 g/mol. The SMILES string of the molecule is COc1ccc(CCC(=O)c2ccc(OC)cc2Br)cc1. The zero-order chi connectivity index (χ0) is 15.2. The molecule has 2 aromatic carbocycles. The summed E-state index contributed by atoms with van der Waals surface area (Å²) in [5.74, 6) is 1.66. The van der Waals surface area contributed by atoms with Crippen LogP contribution in [0.2, 0.25) is 0 Å². The summed E-state index contributed by atoms with van der Waals surface area (Å²) in [6.45, 7) is 0. The van der Waals surface area contributed by atoms with Crippen molar-refractivity contribution in [3.63, 3.8) is 0 Å². The molecule has 3 nitrogen and oxygen atoms in total. The number of benzene rings is 2. The molecule has 2 aromatic rings. The largest absolute Gasteiger partial charge is 0.497 e. The Kier molecular flexibility index (Phi) is 5.39. The minimum Gasteiger partial charge on any atom is -0.497 e. The fraction of sp³-hybridized carbons (Fsp3) is 0.235. The molecule has 0 N–H and O–H groups in total. The van der Waals surface area contributed by atoms with Gasteiger partial charge in [-0.1, -0.05) is 12.1 Å². The van der Waals surface area contributed by atoms with Gasteiger partial charge < -0.3 is 9.47 Å². The Morgan fingerprint density at radius 1 is 1.00 bits per heavy atom. The van der Waals surface area contributed by atoms with Gasteiger partial charge in [-0.25, -0.2) is 0 Å². The summed E-state index contributed by atoms with van der Waals surface area (Å²) in [6, 6.07) is 13.2. The van der Waals surface area contributed by atoms with Crippen molar-refractivity contribution in [3.8, 4) is 11.5 Å². The van der Waals surface area contributed by atoms with Gasteiger partial charge in [-0.3, -0.25) is 4.79 Å². The topological polar surface area (TPSA) is 35.5 Å². The number of carbonyl (C=O) groups is 1. The first kappa shape index (κ1) is 15.6. The van der Waals surface area contributed by atoms with E-state index in [0.717, 1.165) is 21.5 Å². The number of methoxy groups -OCH3 is 2. The van der Waals surface area contributed by atoms with Crippen molar-refractivity contribution in [1.29, 1.82) is 0 Å². The smallest absolute Gasteiger partial charge is 0.164 e. The molecule has 2 rings (SSSR count). The summed E-state index contributed by atoms with van der Waals surface area (Å²) in [4.78, 5) is 12.3. The molecule has 0 aliphatic heterocycles. The normalized spacial score (nSPS) is 10.2. The summed E-state index contributed by atoms with van der Waals surface area (Å²) in [6.07, 6.45) is 1.18. The van der Waals surface area contributed by atoms with Gasteiger partial charge in [0.2, 0.25) is 0 Å². The Balaban J connectivity index is 2.00. The van der Waals surface area contributed by atoms with Crippen molar-refractivity contribution in [2.24, 2.45) is 0 Å². The third-order valence-corrected chi connectivity index (χ3v) is 3.93. The van der Waals surface area contributed by atoms with E-state index in [0.29, 0.717) is 18.4 Å². The van der Waals surface area contributed by atoms with E-state index in [2.05, 4.69) is 15.9 Å². The molecular weight excluding hydrogens is 332 g/mol. The van der Waals surface area contributed by atoms with E-state index in [1.165, 1.54) is 0 Å². The Morgan fingerprint density at radius 2 is 1.62 bits per heavy atom. The third-order valence-electron chi connectivity index (χ3n) is 3.28.